The van der Waals surface area contributed by atoms with E-state index in [-0.39, 0.29) is 29.2 Å². The predicted molar refractivity (Wildman–Crippen MR) is 57.9 cm³/mol. The average Bonchev–Trinajstić information content (AvgIpc) is 2.88. The van der Waals surface area contributed by atoms with Gasteiger partial charge in [0.25, 0.3) is 0 Å². The summed E-state index contributed by atoms with van der Waals surface area (Å²) < 4.78 is 23.6. The van der Waals surface area contributed by atoms with Crippen LogP contribution in [0.3, 0.4) is 0 Å². The second-order valence-corrected chi connectivity index (χ2v) is 4.72. The summed E-state index contributed by atoms with van der Waals surface area (Å²) in [6, 6.07) is 6.41. The molecule has 4 rings (SSSR count). The van der Waals surface area contributed by atoms with Crippen LogP contribution in [0.1, 0.15) is 12.0 Å². The lowest BCUT2D eigenvalue weighted by atomic mass is 9.57. The van der Waals surface area contributed by atoms with Gasteiger partial charge in [0.15, 0.2) is 0 Å². The SMILES string of the molecule is COC(=O)[C@@H]1[C@H]2C[C@]1(c1cccc(F)c1)CO2. The Hall–Kier alpha value is -1.42. The third-order valence-electron chi connectivity index (χ3n) is 3.94. The Balaban J connectivity index is 1.99. The minimum Gasteiger partial charge on any atom is -0.469 e. The minimum absolute atomic E-state index is 0.0642. The maximum Gasteiger partial charge on any atom is 0.312 e. The lowest BCUT2D eigenvalue weighted by molar-refractivity contribution is -0.154. The van der Waals surface area contributed by atoms with Gasteiger partial charge in [-0.25, -0.2) is 4.39 Å². The highest BCUT2D eigenvalue weighted by Gasteiger charge is 2.65. The van der Waals surface area contributed by atoms with Crippen LogP contribution in [0.25, 0.3) is 0 Å². The molecule has 0 N–H and O–H groups in total. The predicted octanol–water partition coefficient (Wildman–Crippen LogP) is 1.66. The van der Waals surface area contributed by atoms with Crippen molar-refractivity contribution >= 4 is 5.97 Å². The fraction of sp³-hybridized carbons (Fsp3) is 0.462. The van der Waals surface area contributed by atoms with Crippen molar-refractivity contribution in [2.24, 2.45) is 5.92 Å². The van der Waals surface area contributed by atoms with Crippen molar-refractivity contribution < 1.29 is 18.7 Å². The van der Waals surface area contributed by atoms with E-state index < -0.39 is 0 Å². The van der Waals surface area contributed by atoms with Crippen molar-refractivity contribution in [2.45, 2.75) is 17.9 Å². The molecule has 3 nitrogen and oxygen atoms in total. The number of fused-ring (bicyclic) bond motifs is 1. The molecular weight excluding hydrogens is 223 g/mol. The maximum absolute atomic E-state index is 13.3. The van der Waals surface area contributed by atoms with Gasteiger partial charge in [0, 0.05) is 5.41 Å². The second kappa shape index (κ2) is 3.53. The minimum atomic E-state index is -0.375. The van der Waals surface area contributed by atoms with E-state index in [0.717, 1.165) is 12.0 Å². The number of carbonyl (C=O) groups excluding carboxylic acids is 1. The van der Waals surface area contributed by atoms with Crippen LogP contribution in [0.4, 0.5) is 4.39 Å². The Morgan fingerprint density at radius 2 is 2.41 bits per heavy atom. The zero-order valence-electron chi connectivity index (χ0n) is 9.48. The Bertz CT molecular complexity index is 469. The van der Waals surface area contributed by atoms with Gasteiger partial charge in [-0.2, -0.15) is 0 Å². The molecule has 3 fully saturated rings. The molecule has 17 heavy (non-hydrogen) atoms. The summed E-state index contributed by atoms with van der Waals surface area (Å²) in [5.41, 5.74) is 0.460. The Morgan fingerprint density at radius 1 is 1.59 bits per heavy atom. The molecule has 2 saturated heterocycles. The van der Waals surface area contributed by atoms with Crippen LogP contribution in [0.5, 0.6) is 0 Å². The van der Waals surface area contributed by atoms with Crippen LogP contribution in [0, 0.1) is 11.7 Å². The first kappa shape index (κ1) is 10.7. The number of ether oxygens (including phenoxy) is 2. The van der Waals surface area contributed by atoms with Crippen LogP contribution < -0.4 is 0 Å². The van der Waals surface area contributed by atoms with E-state index >= 15 is 0 Å². The second-order valence-electron chi connectivity index (χ2n) is 4.72. The normalized spacial score (nSPS) is 34.2. The Labute approximate surface area is 98.5 Å². The molecule has 90 valence electrons. The van der Waals surface area contributed by atoms with Crippen molar-refractivity contribution in [3.8, 4) is 0 Å². The molecule has 4 heteroatoms. The Morgan fingerprint density at radius 3 is 3.06 bits per heavy atom. The van der Waals surface area contributed by atoms with Gasteiger partial charge in [0.1, 0.15) is 5.82 Å². The van der Waals surface area contributed by atoms with E-state index in [1.54, 1.807) is 6.07 Å². The van der Waals surface area contributed by atoms with Gasteiger partial charge in [-0.1, -0.05) is 12.1 Å². The van der Waals surface area contributed by atoms with Crippen LogP contribution >= 0.6 is 0 Å². The van der Waals surface area contributed by atoms with Gasteiger partial charge >= 0.3 is 5.97 Å². The zero-order valence-corrected chi connectivity index (χ0v) is 9.48. The molecule has 2 aliphatic heterocycles. The van der Waals surface area contributed by atoms with Crippen LogP contribution in [0.2, 0.25) is 0 Å². The van der Waals surface area contributed by atoms with E-state index in [0.29, 0.717) is 6.61 Å². The van der Waals surface area contributed by atoms with Gasteiger partial charge < -0.3 is 9.47 Å². The lowest BCUT2D eigenvalue weighted by Gasteiger charge is -2.43. The quantitative estimate of drug-likeness (QED) is 0.732. The number of esters is 1. The molecule has 0 spiro atoms. The summed E-state index contributed by atoms with van der Waals surface area (Å²) in [6.07, 6.45) is 0.710. The summed E-state index contributed by atoms with van der Waals surface area (Å²) in [6.45, 7) is 0.473. The van der Waals surface area contributed by atoms with E-state index in [4.69, 9.17) is 9.47 Å². The highest BCUT2D eigenvalue weighted by atomic mass is 19.1. The summed E-state index contributed by atoms with van der Waals surface area (Å²) in [4.78, 5) is 11.7. The van der Waals surface area contributed by atoms with E-state index in [9.17, 15) is 9.18 Å². The first-order chi connectivity index (χ1) is 8.17. The van der Waals surface area contributed by atoms with Crippen molar-refractivity contribution in [3.05, 3.63) is 35.6 Å². The van der Waals surface area contributed by atoms with Crippen molar-refractivity contribution in [2.75, 3.05) is 13.7 Å². The first-order valence-corrected chi connectivity index (χ1v) is 5.63. The van der Waals surface area contributed by atoms with Gasteiger partial charge in [-0.05, 0) is 24.1 Å². The molecule has 0 radical (unpaired) electrons. The third kappa shape index (κ3) is 1.33. The van der Waals surface area contributed by atoms with E-state index in [1.807, 2.05) is 6.07 Å². The largest absolute Gasteiger partial charge is 0.469 e. The smallest absolute Gasteiger partial charge is 0.312 e. The number of benzene rings is 1. The molecule has 1 aromatic rings. The summed E-state index contributed by atoms with van der Waals surface area (Å²) in [5.74, 6) is -0.826. The molecule has 1 aliphatic carbocycles. The number of hydrogen-bond acceptors (Lipinski definition) is 3. The van der Waals surface area contributed by atoms with Gasteiger partial charge in [-0.3, -0.25) is 4.79 Å². The van der Waals surface area contributed by atoms with E-state index in [2.05, 4.69) is 0 Å². The summed E-state index contributed by atoms with van der Waals surface area (Å²) in [7, 11) is 1.37. The van der Waals surface area contributed by atoms with Crippen LogP contribution in [-0.2, 0) is 19.7 Å². The molecule has 2 bridgehead atoms. The molecule has 1 aromatic carbocycles. The number of hydrogen-bond donors (Lipinski definition) is 0. The zero-order chi connectivity index (χ0) is 12.0. The molecule has 2 heterocycles. The van der Waals surface area contributed by atoms with Gasteiger partial charge in [-0.15, -0.1) is 0 Å². The number of rotatable bonds is 2. The van der Waals surface area contributed by atoms with Crippen LogP contribution in [0.15, 0.2) is 24.3 Å². The standard InChI is InChI=1S/C13H13FO3/c1-16-12(15)11-10-6-13(11,7-17-10)8-3-2-4-9(14)5-8/h2-5,10-11H,6-7H2,1H3/t10-,11+,13-/m1/s1. The molecule has 0 amide bonds. The molecule has 1 saturated carbocycles. The van der Waals surface area contributed by atoms with E-state index in [1.165, 1.54) is 19.2 Å². The van der Waals surface area contributed by atoms with Crippen molar-refractivity contribution in [3.63, 3.8) is 0 Å². The third-order valence-corrected chi connectivity index (χ3v) is 3.94. The highest BCUT2D eigenvalue weighted by Crippen LogP contribution is 2.56. The fourth-order valence-electron chi connectivity index (χ4n) is 3.04. The van der Waals surface area contributed by atoms with Crippen LogP contribution in [-0.4, -0.2) is 25.8 Å². The van der Waals surface area contributed by atoms with Gasteiger partial charge in [0.05, 0.1) is 25.7 Å². The van der Waals surface area contributed by atoms with Crippen molar-refractivity contribution in [1.82, 2.24) is 0 Å². The molecule has 0 unspecified atom stereocenters. The number of carbonyl (C=O) groups is 1. The number of halogens is 1. The molecule has 3 atom stereocenters. The molecule has 0 aromatic heterocycles. The average molecular weight is 236 g/mol. The molecular formula is C13H13FO3. The Kier molecular flexibility index (Phi) is 2.23. The lowest BCUT2D eigenvalue weighted by Crippen LogP contribution is -2.52. The topological polar surface area (TPSA) is 35.5 Å². The monoisotopic (exact) mass is 236 g/mol. The van der Waals surface area contributed by atoms with Gasteiger partial charge in [0.2, 0.25) is 0 Å². The number of methoxy groups -OCH3 is 1. The fourth-order valence-corrected chi connectivity index (χ4v) is 3.04. The summed E-state index contributed by atoms with van der Waals surface area (Å²) in [5, 5.41) is 0. The molecule has 3 aliphatic rings. The maximum atomic E-state index is 13.3. The first-order valence-electron chi connectivity index (χ1n) is 5.63. The highest BCUT2D eigenvalue weighted by molar-refractivity contribution is 5.78. The van der Waals surface area contributed by atoms with Crippen molar-refractivity contribution in [1.29, 1.82) is 0 Å². The summed E-state index contributed by atoms with van der Waals surface area (Å²) >= 11 is 0.